The molecule has 1 aliphatic rings. The second kappa shape index (κ2) is 6.33. The van der Waals surface area contributed by atoms with Crippen LogP contribution in [0.3, 0.4) is 0 Å². The van der Waals surface area contributed by atoms with E-state index in [1.807, 2.05) is 10.6 Å². The second-order valence-corrected chi connectivity index (χ2v) is 6.68. The van der Waals surface area contributed by atoms with Crippen LogP contribution < -0.4 is 16.4 Å². The maximum Gasteiger partial charge on any atom is 0.207 e. The van der Waals surface area contributed by atoms with E-state index in [-0.39, 0.29) is 0 Å². The van der Waals surface area contributed by atoms with E-state index < -0.39 is 0 Å². The molecular formula is C18H23N7. The van der Waals surface area contributed by atoms with Crippen LogP contribution in [0.2, 0.25) is 0 Å². The molecule has 1 fully saturated rings. The standard InChI is InChI=1S/C18H23N7/c1-11-6-14-15(7-12(11)2)25(18(19)24-14)17-8-16(21-10-22-17)23-13-4-3-5-20-9-13/h6-8,10,13,20H,3-5,9H2,1-2H3,(H2,19,24)(H,21,22,23). The predicted octanol–water partition coefficient (Wildman–Crippen LogP) is 2.18. The molecule has 4 rings (SSSR count). The van der Waals surface area contributed by atoms with Gasteiger partial charge in [-0.25, -0.2) is 15.0 Å². The number of anilines is 2. The Morgan fingerprint density at radius 3 is 2.84 bits per heavy atom. The van der Waals surface area contributed by atoms with Gasteiger partial charge in [-0.05, 0) is 56.5 Å². The summed E-state index contributed by atoms with van der Waals surface area (Å²) in [4.78, 5) is 13.3. The fraction of sp³-hybridized carbons (Fsp3) is 0.389. The summed E-state index contributed by atoms with van der Waals surface area (Å²) in [7, 11) is 0. The molecule has 0 aliphatic carbocycles. The van der Waals surface area contributed by atoms with E-state index in [9.17, 15) is 0 Å². The van der Waals surface area contributed by atoms with Crippen LogP contribution in [0.25, 0.3) is 16.9 Å². The average Bonchev–Trinajstić information content (AvgIpc) is 2.91. The minimum absolute atomic E-state index is 0.387. The third kappa shape index (κ3) is 3.02. The van der Waals surface area contributed by atoms with Gasteiger partial charge in [-0.2, -0.15) is 0 Å². The highest BCUT2D eigenvalue weighted by molar-refractivity contribution is 5.82. The molecule has 1 unspecified atom stereocenters. The van der Waals surface area contributed by atoms with Crippen LogP contribution in [0.1, 0.15) is 24.0 Å². The van der Waals surface area contributed by atoms with Crippen LogP contribution in [0.4, 0.5) is 11.8 Å². The van der Waals surface area contributed by atoms with Crippen LogP contribution in [0, 0.1) is 13.8 Å². The zero-order valence-corrected chi connectivity index (χ0v) is 14.6. The van der Waals surface area contributed by atoms with Crippen molar-refractivity contribution in [2.24, 2.45) is 0 Å². The van der Waals surface area contributed by atoms with Gasteiger partial charge in [0.1, 0.15) is 18.0 Å². The quantitative estimate of drug-likeness (QED) is 0.678. The molecule has 1 aromatic carbocycles. The summed E-state index contributed by atoms with van der Waals surface area (Å²) >= 11 is 0. The minimum Gasteiger partial charge on any atom is -0.369 e. The summed E-state index contributed by atoms with van der Waals surface area (Å²) in [5, 5.41) is 6.88. The molecule has 7 heteroatoms. The molecule has 0 spiro atoms. The summed E-state index contributed by atoms with van der Waals surface area (Å²) < 4.78 is 1.88. The van der Waals surface area contributed by atoms with Gasteiger partial charge in [-0.15, -0.1) is 0 Å². The molecular weight excluding hydrogens is 314 g/mol. The SMILES string of the molecule is Cc1cc2nc(N)n(-c3cc(NC4CCCNC4)ncn3)c2cc1C. The molecule has 0 bridgehead atoms. The number of hydrogen-bond donors (Lipinski definition) is 3. The first-order chi connectivity index (χ1) is 12.1. The van der Waals surface area contributed by atoms with Crippen molar-refractivity contribution in [3.63, 3.8) is 0 Å². The van der Waals surface area contributed by atoms with Gasteiger partial charge in [0.2, 0.25) is 5.95 Å². The molecule has 0 radical (unpaired) electrons. The molecule has 1 saturated heterocycles. The van der Waals surface area contributed by atoms with Gasteiger partial charge in [0, 0.05) is 18.7 Å². The predicted molar refractivity (Wildman–Crippen MR) is 100 cm³/mol. The largest absolute Gasteiger partial charge is 0.369 e. The number of benzene rings is 1. The first-order valence-electron chi connectivity index (χ1n) is 8.66. The van der Waals surface area contributed by atoms with E-state index in [0.717, 1.165) is 42.2 Å². The average molecular weight is 337 g/mol. The molecule has 2 aromatic heterocycles. The van der Waals surface area contributed by atoms with Crippen LogP contribution in [-0.4, -0.2) is 38.7 Å². The van der Waals surface area contributed by atoms with Crippen molar-refractivity contribution < 1.29 is 0 Å². The molecule has 1 atom stereocenters. The third-order valence-electron chi connectivity index (χ3n) is 4.83. The van der Waals surface area contributed by atoms with Crippen molar-refractivity contribution >= 4 is 22.8 Å². The lowest BCUT2D eigenvalue weighted by Crippen LogP contribution is -2.38. The Hall–Kier alpha value is -2.67. The Morgan fingerprint density at radius 1 is 1.20 bits per heavy atom. The van der Waals surface area contributed by atoms with E-state index in [1.165, 1.54) is 17.5 Å². The summed E-state index contributed by atoms with van der Waals surface area (Å²) in [6.45, 7) is 6.21. The number of imidazole rings is 1. The van der Waals surface area contributed by atoms with Crippen molar-refractivity contribution in [1.29, 1.82) is 0 Å². The summed E-state index contributed by atoms with van der Waals surface area (Å²) in [5.41, 5.74) is 10.4. The number of nitrogens with zero attached hydrogens (tertiary/aromatic N) is 4. The lowest BCUT2D eigenvalue weighted by Gasteiger charge is -2.24. The molecule has 3 aromatic rings. The Bertz CT molecular complexity index is 909. The fourth-order valence-corrected chi connectivity index (χ4v) is 3.32. The molecule has 0 amide bonds. The van der Waals surface area contributed by atoms with Crippen LogP contribution in [-0.2, 0) is 0 Å². The smallest absolute Gasteiger partial charge is 0.207 e. The Balaban J connectivity index is 1.72. The zero-order valence-electron chi connectivity index (χ0n) is 14.6. The zero-order chi connectivity index (χ0) is 17.4. The number of nitrogen functional groups attached to an aromatic ring is 1. The van der Waals surface area contributed by atoms with Gasteiger partial charge in [-0.3, -0.25) is 4.57 Å². The van der Waals surface area contributed by atoms with Crippen molar-refractivity contribution in [3.05, 3.63) is 35.7 Å². The number of rotatable bonds is 3. The number of nitrogens with one attached hydrogen (secondary N) is 2. The second-order valence-electron chi connectivity index (χ2n) is 6.68. The Labute approximate surface area is 146 Å². The topological polar surface area (TPSA) is 93.7 Å². The molecule has 0 saturated carbocycles. The summed E-state index contributed by atoms with van der Waals surface area (Å²) in [6, 6.07) is 6.49. The van der Waals surface area contributed by atoms with Gasteiger partial charge in [0.05, 0.1) is 11.0 Å². The van der Waals surface area contributed by atoms with Gasteiger partial charge in [0.15, 0.2) is 0 Å². The Kier molecular flexibility index (Phi) is 4.01. The number of fused-ring (bicyclic) bond motifs is 1. The van der Waals surface area contributed by atoms with Gasteiger partial charge >= 0.3 is 0 Å². The van der Waals surface area contributed by atoms with Gasteiger partial charge in [0.25, 0.3) is 0 Å². The van der Waals surface area contributed by atoms with E-state index in [0.29, 0.717) is 12.0 Å². The number of aryl methyl sites for hydroxylation is 2. The van der Waals surface area contributed by atoms with Crippen LogP contribution in [0.5, 0.6) is 0 Å². The minimum atomic E-state index is 0.387. The molecule has 25 heavy (non-hydrogen) atoms. The van der Waals surface area contributed by atoms with Gasteiger partial charge < -0.3 is 16.4 Å². The van der Waals surface area contributed by atoms with E-state index in [2.05, 4.69) is 51.6 Å². The summed E-state index contributed by atoms with van der Waals surface area (Å²) in [6.07, 6.45) is 3.88. The normalized spacial score (nSPS) is 17.8. The number of piperidine rings is 1. The van der Waals surface area contributed by atoms with E-state index in [1.54, 1.807) is 6.33 Å². The molecule has 4 N–H and O–H groups in total. The van der Waals surface area contributed by atoms with Crippen molar-refractivity contribution in [2.45, 2.75) is 32.7 Å². The number of nitrogens with two attached hydrogens (primary N) is 1. The van der Waals surface area contributed by atoms with Crippen LogP contribution >= 0.6 is 0 Å². The number of aromatic nitrogens is 4. The lowest BCUT2D eigenvalue weighted by molar-refractivity contribution is 0.479. The summed E-state index contributed by atoms with van der Waals surface area (Å²) in [5.74, 6) is 1.97. The van der Waals surface area contributed by atoms with Crippen molar-refractivity contribution in [1.82, 2.24) is 24.8 Å². The first kappa shape index (κ1) is 15.8. The lowest BCUT2D eigenvalue weighted by atomic mass is 10.1. The van der Waals surface area contributed by atoms with Crippen molar-refractivity contribution in [3.8, 4) is 5.82 Å². The fourth-order valence-electron chi connectivity index (χ4n) is 3.32. The van der Waals surface area contributed by atoms with E-state index in [4.69, 9.17) is 5.73 Å². The number of hydrogen-bond acceptors (Lipinski definition) is 6. The highest BCUT2D eigenvalue weighted by Crippen LogP contribution is 2.25. The molecule has 130 valence electrons. The van der Waals surface area contributed by atoms with Crippen molar-refractivity contribution in [2.75, 3.05) is 24.1 Å². The van der Waals surface area contributed by atoms with Gasteiger partial charge in [-0.1, -0.05) is 0 Å². The van der Waals surface area contributed by atoms with E-state index >= 15 is 0 Å². The maximum atomic E-state index is 6.18. The maximum absolute atomic E-state index is 6.18. The Morgan fingerprint density at radius 2 is 2.04 bits per heavy atom. The highest BCUT2D eigenvalue weighted by Gasteiger charge is 2.16. The molecule has 7 nitrogen and oxygen atoms in total. The highest BCUT2D eigenvalue weighted by atomic mass is 15.2. The van der Waals surface area contributed by atoms with Crippen LogP contribution in [0.15, 0.2) is 24.5 Å². The monoisotopic (exact) mass is 337 g/mol. The molecule has 1 aliphatic heterocycles. The first-order valence-corrected chi connectivity index (χ1v) is 8.66. The third-order valence-corrected chi connectivity index (χ3v) is 4.83. The molecule has 3 heterocycles.